The lowest BCUT2D eigenvalue weighted by Gasteiger charge is -2.32. The number of fused-ring (bicyclic) bond motifs is 4. The molecule has 0 bridgehead atoms. The lowest BCUT2D eigenvalue weighted by atomic mass is 9.74. The minimum absolute atomic E-state index is 0.0530. The first-order valence-corrected chi connectivity index (χ1v) is 20.1. The molecule has 2 atom stereocenters. The van der Waals surface area contributed by atoms with E-state index in [4.69, 9.17) is 4.99 Å². The standard InChI is InChI=1S/C55H44N2/c1-38-15-5-4-14-34-57(47-20-6-3-7-21-47)54(56-38)41-30-32-55(2,33-31-41)46-28-29-50-51(37-46)53(45-27-25-40-17-9-11-19-43(40)36-45)49-23-13-12-22-48(49)52(50)44-26-24-39-16-8-10-18-42(39)35-44/h3-32,35-38H,33-34H2,1-2H3/b14-4-,15-5-,56-54?. The van der Waals surface area contributed by atoms with Crippen molar-refractivity contribution in [3.05, 3.63) is 211 Å². The molecule has 0 fully saturated rings. The zero-order valence-electron chi connectivity index (χ0n) is 32.4. The fourth-order valence-electron chi connectivity index (χ4n) is 8.88. The molecule has 2 aliphatic rings. The summed E-state index contributed by atoms with van der Waals surface area (Å²) in [7, 11) is 0. The third kappa shape index (κ3) is 6.38. The van der Waals surface area contributed by atoms with Crippen molar-refractivity contribution in [2.45, 2.75) is 31.7 Å². The van der Waals surface area contributed by atoms with E-state index in [9.17, 15) is 0 Å². The average molecular weight is 733 g/mol. The second-order valence-corrected chi connectivity index (χ2v) is 15.7. The van der Waals surface area contributed by atoms with Crippen LogP contribution in [0.15, 0.2) is 211 Å². The van der Waals surface area contributed by atoms with E-state index in [1.165, 1.54) is 70.9 Å². The zero-order chi connectivity index (χ0) is 38.3. The molecular formula is C55H44N2. The van der Waals surface area contributed by atoms with E-state index < -0.39 is 0 Å². The predicted octanol–water partition coefficient (Wildman–Crippen LogP) is 14.2. The first-order valence-electron chi connectivity index (χ1n) is 20.1. The van der Waals surface area contributed by atoms with Crippen molar-refractivity contribution in [3.63, 3.8) is 0 Å². The van der Waals surface area contributed by atoms with Crippen molar-refractivity contribution in [2.75, 3.05) is 11.4 Å². The van der Waals surface area contributed by atoms with Gasteiger partial charge in [-0.25, -0.2) is 0 Å². The molecule has 2 nitrogen and oxygen atoms in total. The number of anilines is 1. The molecule has 8 aromatic carbocycles. The van der Waals surface area contributed by atoms with Crippen molar-refractivity contribution in [3.8, 4) is 22.3 Å². The van der Waals surface area contributed by atoms with Gasteiger partial charge in [-0.2, -0.15) is 0 Å². The first-order chi connectivity index (χ1) is 28.0. The molecule has 2 unspecified atom stereocenters. The average Bonchev–Trinajstić information content (AvgIpc) is 3.35. The van der Waals surface area contributed by atoms with Crippen LogP contribution >= 0.6 is 0 Å². The lowest BCUT2D eigenvalue weighted by Crippen LogP contribution is -2.34. The van der Waals surface area contributed by atoms with Gasteiger partial charge >= 0.3 is 0 Å². The van der Waals surface area contributed by atoms with Gasteiger partial charge in [0.1, 0.15) is 5.84 Å². The normalized spacial score (nSPS) is 19.5. The van der Waals surface area contributed by atoms with Gasteiger partial charge in [0.2, 0.25) is 0 Å². The molecule has 0 amide bonds. The zero-order valence-corrected chi connectivity index (χ0v) is 32.4. The number of nitrogens with zero attached hydrogens (tertiary/aromatic N) is 2. The fraction of sp³-hybridized carbons (Fsp3) is 0.109. The second kappa shape index (κ2) is 14.4. The third-order valence-corrected chi connectivity index (χ3v) is 12.0. The summed E-state index contributed by atoms with van der Waals surface area (Å²) in [5.41, 5.74) is 8.43. The van der Waals surface area contributed by atoms with Crippen LogP contribution in [0.4, 0.5) is 5.69 Å². The van der Waals surface area contributed by atoms with E-state index in [2.05, 4.69) is 219 Å². The second-order valence-electron chi connectivity index (χ2n) is 15.7. The van der Waals surface area contributed by atoms with Crippen LogP contribution in [0.5, 0.6) is 0 Å². The molecule has 0 saturated carbocycles. The summed E-state index contributed by atoms with van der Waals surface area (Å²) < 4.78 is 0. The van der Waals surface area contributed by atoms with Gasteiger partial charge in [-0.05, 0) is 115 Å². The maximum atomic E-state index is 5.29. The molecule has 1 aliphatic carbocycles. The minimum Gasteiger partial charge on any atom is -0.322 e. The van der Waals surface area contributed by atoms with Gasteiger partial charge in [-0.1, -0.05) is 177 Å². The Morgan fingerprint density at radius 3 is 1.82 bits per heavy atom. The highest BCUT2D eigenvalue weighted by Crippen LogP contribution is 2.46. The van der Waals surface area contributed by atoms with Gasteiger partial charge in [0.05, 0.1) is 6.04 Å². The Kier molecular flexibility index (Phi) is 8.76. The Morgan fingerprint density at radius 2 is 1.18 bits per heavy atom. The van der Waals surface area contributed by atoms with Crippen molar-refractivity contribution in [2.24, 2.45) is 4.99 Å². The van der Waals surface area contributed by atoms with Gasteiger partial charge in [-0.15, -0.1) is 0 Å². The summed E-state index contributed by atoms with van der Waals surface area (Å²) in [6.07, 6.45) is 16.6. The van der Waals surface area contributed by atoms with Crippen LogP contribution < -0.4 is 4.90 Å². The maximum Gasteiger partial charge on any atom is 0.135 e. The Labute approximate surface area is 335 Å². The summed E-state index contributed by atoms with van der Waals surface area (Å²) in [5.74, 6) is 1.01. The number of hydrogen-bond acceptors (Lipinski definition) is 2. The lowest BCUT2D eigenvalue weighted by molar-refractivity contribution is 0.599. The summed E-state index contributed by atoms with van der Waals surface area (Å²) in [5, 5.41) is 10.1. The van der Waals surface area contributed by atoms with Crippen molar-refractivity contribution < 1.29 is 0 Å². The molecule has 1 heterocycles. The number of rotatable bonds is 5. The molecule has 0 spiro atoms. The highest BCUT2D eigenvalue weighted by atomic mass is 15.2. The maximum absolute atomic E-state index is 5.29. The molecule has 10 rings (SSSR count). The van der Waals surface area contributed by atoms with E-state index >= 15 is 0 Å². The molecule has 0 radical (unpaired) electrons. The van der Waals surface area contributed by atoms with Crippen LogP contribution in [0.1, 0.15) is 25.8 Å². The quantitative estimate of drug-likeness (QED) is 0.161. The van der Waals surface area contributed by atoms with Gasteiger partial charge in [0.25, 0.3) is 0 Å². The fourth-order valence-corrected chi connectivity index (χ4v) is 8.88. The van der Waals surface area contributed by atoms with Gasteiger partial charge in [0, 0.05) is 23.2 Å². The molecule has 1 aliphatic heterocycles. The molecule has 2 heteroatoms. The van der Waals surface area contributed by atoms with Crippen molar-refractivity contribution in [1.29, 1.82) is 0 Å². The van der Waals surface area contributed by atoms with Crippen LogP contribution in [0.25, 0.3) is 65.3 Å². The van der Waals surface area contributed by atoms with Crippen LogP contribution in [-0.4, -0.2) is 18.4 Å². The summed E-state index contributed by atoms with van der Waals surface area (Å²) >= 11 is 0. The van der Waals surface area contributed by atoms with Crippen LogP contribution in [0, 0.1) is 0 Å². The third-order valence-electron chi connectivity index (χ3n) is 12.0. The Hall–Kier alpha value is -6.77. The Bertz CT molecular complexity index is 3000. The smallest absolute Gasteiger partial charge is 0.135 e. The monoisotopic (exact) mass is 732 g/mol. The van der Waals surface area contributed by atoms with E-state index in [0.717, 1.165) is 30.1 Å². The highest BCUT2D eigenvalue weighted by Gasteiger charge is 2.29. The molecule has 8 aromatic rings. The molecule has 0 N–H and O–H groups in total. The minimum atomic E-state index is -0.213. The van der Waals surface area contributed by atoms with E-state index in [-0.39, 0.29) is 11.5 Å². The first kappa shape index (κ1) is 34.7. The number of allylic oxidation sites excluding steroid dienone is 4. The topological polar surface area (TPSA) is 15.6 Å². The number of amidine groups is 1. The number of hydrogen-bond donors (Lipinski definition) is 0. The molecule has 274 valence electrons. The summed E-state index contributed by atoms with van der Waals surface area (Å²) in [6.45, 7) is 5.29. The number of aliphatic imine (C=N–C) groups is 1. The van der Waals surface area contributed by atoms with Gasteiger partial charge in [-0.3, -0.25) is 4.99 Å². The summed E-state index contributed by atoms with van der Waals surface area (Å²) in [4.78, 5) is 7.63. The SMILES string of the molecule is CC1/C=C\C=C/CN(c2ccccc2)C(C2=CCC(C)(c3ccc4c(-c5ccc6ccccc6c5)c5ccccc5c(-c5ccc6ccccc6c5)c4c3)C=C2)=N1. The molecule has 0 saturated heterocycles. The van der Waals surface area contributed by atoms with Crippen LogP contribution in [0.3, 0.4) is 0 Å². The molecular weight excluding hydrogens is 689 g/mol. The van der Waals surface area contributed by atoms with Crippen molar-refractivity contribution in [1.82, 2.24) is 0 Å². The molecule has 0 aromatic heterocycles. The summed E-state index contributed by atoms with van der Waals surface area (Å²) in [6, 6.07) is 58.2. The van der Waals surface area contributed by atoms with E-state index in [1.54, 1.807) is 0 Å². The Morgan fingerprint density at radius 1 is 0.579 bits per heavy atom. The number of para-hydroxylation sites is 1. The number of benzene rings is 8. The van der Waals surface area contributed by atoms with Crippen molar-refractivity contribution >= 4 is 54.6 Å². The highest BCUT2D eigenvalue weighted by molar-refractivity contribution is 6.22. The molecule has 57 heavy (non-hydrogen) atoms. The predicted molar refractivity (Wildman–Crippen MR) is 245 cm³/mol. The van der Waals surface area contributed by atoms with Crippen LogP contribution in [0.2, 0.25) is 0 Å². The Balaban J connectivity index is 1.14. The van der Waals surface area contributed by atoms with E-state index in [1.807, 2.05) is 0 Å². The van der Waals surface area contributed by atoms with Crippen LogP contribution in [-0.2, 0) is 5.41 Å². The van der Waals surface area contributed by atoms with Gasteiger partial charge < -0.3 is 4.90 Å². The van der Waals surface area contributed by atoms with E-state index in [0.29, 0.717) is 0 Å². The largest absolute Gasteiger partial charge is 0.322 e. The van der Waals surface area contributed by atoms with Gasteiger partial charge in [0.15, 0.2) is 0 Å².